The first-order valence-electron chi connectivity index (χ1n) is 7.59. The Morgan fingerprint density at radius 1 is 1.10 bits per heavy atom. The van der Waals surface area contributed by atoms with Crippen LogP contribution in [0.15, 0.2) is 48.5 Å². The maximum atomic E-state index is 13.7. The number of ketones is 1. The van der Waals surface area contributed by atoms with Crippen LogP contribution in [0.2, 0.25) is 0 Å². The van der Waals surface area contributed by atoms with Crippen LogP contribution in [0.1, 0.15) is 29.0 Å². The Kier molecular flexibility index (Phi) is 2.91. The lowest BCUT2D eigenvalue weighted by Gasteiger charge is -2.13. The number of hydrogen-bond acceptors (Lipinski definition) is 1. The van der Waals surface area contributed by atoms with Crippen LogP contribution < -0.4 is 0 Å². The number of hydrogen-bond donors (Lipinski definition) is 0. The van der Waals surface area contributed by atoms with Gasteiger partial charge in [0.15, 0.2) is 0 Å². The predicted octanol–water partition coefficient (Wildman–Crippen LogP) is 3.91. The first-order valence-corrected chi connectivity index (χ1v) is 7.59. The van der Waals surface area contributed by atoms with Crippen LogP contribution in [0.25, 0.3) is 0 Å². The summed E-state index contributed by atoms with van der Waals surface area (Å²) in [6.45, 7) is 0. The number of fused-ring (bicyclic) bond motifs is 3. The van der Waals surface area contributed by atoms with Crippen molar-refractivity contribution in [1.29, 1.82) is 0 Å². The summed E-state index contributed by atoms with van der Waals surface area (Å²) in [7, 11) is 0. The van der Waals surface area contributed by atoms with Crippen LogP contribution in [0, 0.1) is 17.7 Å². The van der Waals surface area contributed by atoms with E-state index in [-0.39, 0.29) is 23.9 Å². The zero-order valence-electron chi connectivity index (χ0n) is 11.8. The predicted molar refractivity (Wildman–Crippen MR) is 79.6 cm³/mol. The van der Waals surface area contributed by atoms with Crippen LogP contribution >= 0.6 is 0 Å². The molecule has 21 heavy (non-hydrogen) atoms. The normalized spacial score (nSPS) is 25.9. The van der Waals surface area contributed by atoms with Crippen LogP contribution in [0.4, 0.5) is 4.39 Å². The molecule has 0 aliphatic heterocycles. The zero-order chi connectivity index (χ0) is 14.4. The Hall–Kier alpha value is -1.96. The van der Waals surface area contributed by atoms with E-state index < -0.39 is 0 Å². The lowest BCUT2D eigenvalue weighted by atomic mass is 9.92. The molecule has 4 rings (SSSR count). The summed E-state index contributed by atoms with van der Waals surface area (Å²) >= 11 is 0. The SMILES string of the molecule is O=C(Cc1ccccc1F)C1C2CCc3ccccc3C21. The number of carbonyl (C=O) groups is 1. The molecule has 0 spiro atoms. The van der Waals surface area contributed by atoms with Gasteiger partial charge in [-0.2, -0.15) is 0 Å². The van der Waals surface area contributed by atoms with Crippen LogP contribution in [0.3, 0.4) is 0 Å². The number of benzene rings is 2. The monoisotopic (exact) mass is 280 g/mol. The van der Waals surface area contributed by atoms with Gasteiger partial charge in [-0.1, -0.05) is 42.5 Å². The van der Waals surface area contributed by atoms with E-state index >= 15 is 0 Å². The van der Waals surface area contributed by atoms with Crippen molar-refractivity contribution in [3.05, 3.63) is 71.0 Å². The van der Waals surface area contributed by atoms with Gasteiger partial charge in [0.2, 0.25) is 0 Å². The van der Waals surface area contributed by atoms with Crippen molar-refractivity contribution >= 4 is 5.78 Å². The third kappa shape index (κ3) is 2.10. The van der Waals surface area contributed by atoms with Crippen molar-refractivity contribution in [1.82, 2.24) is 0 Å². The molecule has 3 atom stereocenters. The van der Waals surface area contributed by atoms with Crippen molar-refractivity contribution in [2.75, 3.05) is 0 Å². The van der Waals surface area contributed by atoms with Gasteiger partial charge < -0.3 is 0 Å². The largest absolute Gasteiger partial charge is 0.299 e. The summed E-state index contributed by atoms with van der Waals surface area (Å²) < 4.78 is 13.7. The van der Waals surface area contributed by atoms with Crippen LogP contribution in [0.5, 0.6) is 0 Å². The average Bonchev–Trinajstić information content (AvgIpc) is 3.24. The fourth-order valence-corrected chi connectivity index (χ4v) is 3.95. The topological polar surface area (TPSA) is 17.1 Å². The summed E-state index contributed by atoms with van der Waals surface area (Å²) in [6, 6.07) is 15.0. The molecule has 106 valence electrons. The number of aryl methyl sites for hydroxylation is 1. The van der Waals surface area contributed by atoms with E-state index in [4.69, 9.17) is 0 Å². The molecule has 2 heteroatoms. The fraction of sp³-hybridized carbons (Fsp3) is 0.316. The van der Waals surface area contributed by atoms with Gasteiger partial charge in [-0.05, 0) is 47.4 Å². The zero-order valence-corrected chi connectivity index (χ0v) is 11.8. The van der Waals surface area contributed by atoms with Gasteiger partial charge >= 0.3 is 0 Å². The summed E-state index contributed by atoms with van der Waals surface area (Å²) in [6.07, 6.45) is 2.39. The van der Waals surface area contributed by atoms with E-state index in [1.807, 2.05) is 0 Å². The van der Waals surface area contributed by atoms with Gasteiger partial charge in [-0.15, -0.1) is 0 Å². The van der Waals surface area contributed by atoms with E-state index in [0.29, 0.717) is 17.4 Å². The first-order chi connectivity index (χ1) is 10.3. The van der Waals surface area contributed by atoms with Gasteiger partial charge in [-0.25, -0.2) is 4.39 Å². The molecule has 0 bridgehead atoms. The lowest BCUT2D eigenvalue weighted by Crippen LogP contribution is -2.08. The molecular formula is C19H17FO. The third-order valence-corrected chi connectivity index (χ3v) is 5.02. The van der Waals surface area contributed by atoms with Gasteiger partial charge in [0.1, 0.15) is 11.6 Å². The van der Waals surface area contributed by atoms with E-state index in [0.717, 1.165) is 12.8 Å². The lowest BCUT2D eigenvalue weighted by molar-refractivity contribution is -0.120. The molecule has 0 heterocycles. The maximum absolute atomic E-state index is 13.7. The molecule has 2 aliphatic rings. The summed E-state index contributed by atoms with van der Waals surface area (Å²) in [4.78, 5) is 12.5. The highest BCUT2D eigenvalue weighted by Gasteiger charge is 2.56. The molecule has 2 aromatic rings. The molecular weight excluding hydrogens is 263 g/mol. The highest BCUT2D eigenvalue weighted by molar-refractivity contribution is 5.88. The number of carbonyl (C=O) groups excluding carboxylic acids is 1. The minimum absolute atomic E-state index is 0.105. The molecule has 1 nitrogen and oxygen atoms in total. The molecule has 2 aliphatic carbocycles. The standard InChI is InChI=1S/C19H17FO/c20-16-8-4-2-6-13(16)11-17(21)19-15-10-9-12-5-1-3-7-14(12)18(15)19/h1-8,15,18-19H,9-11H2. The Morgan fingerprint density at radius 2 is 1.86 bits per heavy atom. The Balaban J connectivity index is 1.55. The van der Waals surface area contributed by atoms with E-state index in [1.54, 1.807) is 18.2 Å². The van der Waals surface area contributed by atoms with Crippen molar-refractivity contribution in [3.63, 3.8) is 0 Å². The number of rotatable bonds is 3. The van der Waals surface area contributed by atoms with E-state index in [2.05, 4.69) is 24.3 Å². The third-order valence-electron chi connectivity index (χ3n) is 5.02. The molecule has 0 radical (unpaired) electrons. The van der Waals surface area contributed by atoms with Crippen LogP contribution in [-0.2, 0) is 17.6 Å². The first kappa shape index (κ1) is 12.8. The minimum Gasteiger partial charge on any atom is -0.299 e. The van der Waals surface area contributed by atoms with Gasteiger partial charge in [0.05, 0.1) is 0 Å². The summed E-state index contributed by atoms with van der Waals surface area (Å²) in [5.74, 6) is 0.906. The maximum Gasteiger partial charge on any atom is 0.141 e. The smallest absolute Gasteiger partial charge is 0.141 e. The Labute approximate surface area is 123 Å². The second kappa shape index (κ2) is 4.80. The summed E-state index contributed by atoms with van der Waals surface area (Å²) in [5, 5.41) is 0. The second-order valence-corrected chi connectivity index (χ2v) is 6.19. The quantitative estimate of drug-likeness (QED) is 0.833. The molecule has 0 amide bonds. The van der Waals surface area contributed by atoms with Gasteiger partial charge in [0.25, 0.3) is 0 Å². The molecule has 1 saturated carbocycles. The minimum atomic E-state index is -0.269. The van der Waals surface area contributed by atoms with E-state index in [9.17, 15) is 9.18 Å². The molecule has 3 unspecified atom stereocenters. The van der Waals surface area contributed by atoms with Gasteiger partial charge in [0, 0.05) is 12.3 Å². The van der Waals surface area contributed by atoms with Crippen molar-refractivity contribution in [3.8, 4) is 0 Å². The molecule has 0 N–H and O–H groups in total. The van der Waals surface area contributed by atoms with E-state index in [1.165, 1.54) is 17.2 Å². The average molecular weight is 280 g/mol. The second-order valence-electron chi connectivity index (χ2n) is 6.19. The van der Waals surface area contributed by atoms with Gasteiger partial charge in [-0.3, -0.25) is 4.79 Å². The fourth-order valence-electron chi connectivity index (χ4n) is 3.95. The Bertz CT molecular complexity index is 706. The Morgan fingerprint density at radius 3 is 2.71 bits per heavy atom. The highest BCUT2D eigenvalue weighted by atomic mass is 19.1. The molecule has 1 fully saturated rings. The van der Waals surface area contributed by atoms with Crippen molar-refractivity contribution < 1.29 is 9.18 Å². The summed E-state index contributed by atoms with van der Waals surface area (Å²) in [5.41, 5.74) is 3.26. The number of Topliss-reactive ketones (excluding diaryl/α,β-unsaturated/α-hetero) is 1. The van der Waals surface area contributed by atoms with Crippen molar-refractivity contribution in [2.45, 2.75) is 25.2 Å². The molecule has 0 aromatic heterocycles. The number of halogens is 1. The van der Waals surface area contributed by atoms with Crippen LogP contribution in [-0.4, -0.2) is 5.78 Å². The highest BCUT2D eigenvalue weighted by Crippen LogP contribution is 2.60. The van der Waals surface area contributed by atoms with Crippen molar-refractivity contribution in [2.24, 2.45) is 11.8 Å². The molecule has 2 aromatic carbocycles. The molecule has 0 saturated heterocycles.